The predicted molar refractivity (Wildman–Crippen MR) is 134 cm³/mol. The molecular weight excluding hydrogens is 476 g/mol. The zero-order valence-electron chi connectivity index (χ0n) is 20.3. The van der Waals surface area contributed by atoms with Crippen LogP contribution in [0.4, 0.5) is 0 Å². The zero-order valence-corrected chi connectivity index (χ0v) is 20.3. The summed E-state index contributed by atoms with van der Waals surface area (Å²) in [5, 5.41) is 14.0. The van der Waals surface area contributed by atoms with Crippen LogP contribution < -0.4 is 4.74 Å². The summed E-state index contributed by atoms with van der Waals surface area (Å²) in [5.74, 6) is -0.638. The molecule has 1 fully saturated rings. The number of hydrogen-bond acceptors (Lipinski definition) is 7. The van der Waals surface area contributed by atoms with Crippen molar-refractivity contribution in [2.45, 2.75) is 6.42 Å². The molecule has 1 saturated heterocycles. The average molecular weight is 503 g/mol. The van der Waals surface area contributed by atoms with Crippen LogP contribution in [0.1, 0.15) is 26.4 Å². The second kappa shape index (κ2) is 10.2. The van der Waals surface area contributed by atoms with Crippen LogP contribution in [0.25, 0.3) is 16.7 Å². The van der Waals surface area contributed by atoms with E-state index in [1.807, 2.05) is 18.2 Å². The topological polar surface area (TPSA) is 134 Å². The van der Waals surface area contributed by atoms with Crippen molar-refractivity contribution in [1.29, 1.82) is 0 Å². The van der Waals surface area contributed by atoms with Gasteiger partial charge in [0.1, 0.15) is 5.75 Å². The van der Waals surface area contributed by atoms with E-state index in [0.717, 1.165) is 0 Å². The van der Waals surface area contributed by atoms with Crippen molar-refractivity contribution in [2.75, 3.05) is 39.9 Å². The number of aromatic nitrogens is 4. The van der Waals surface area contributed by atoms with Crippen molar-refractivity contribution < 1.29 is 24.2 Å². The van der Waals surface area contributed by atoms with Gasteiger partial charge in [0.2, 0.25) is 0 Å². The first kappa shape index (κ1) is 24.2. The van der Waals surface area contributed by atoms with Crippen LogP contribution in [0.5, 0.6) is 5.75 Å². The first-order valence-corrected chi connectivity index (χ1v) is 11.9. The van der Waals surface area contributed by atoms with E-state index in [1.54, 1.807) is 34.0 Å². The molecule has 1 aromatic carbocycles. The number of hydrogen-bond donors (Lipinski definition) is 2. The maximum atomic E-state index is 13.3. The molecule has 11 nitrogen and oxygen atoms in total. The van der Waals surface area contributed by atoms with E-state index in [0.29, 0.717) is 53.2 Å². The molecule has 0 bridgehead atoms. The highest BCUT2D eigenvalue weighted by molar-refractivity contribution is 6.45. The fourth-order valence-electron chi connectivity index (χ4n) is 4.47. The summed E-state index contributed by atoms with van der Waals surface area (Å²) >= 11 is 0. The molecular formula is C26H26N6O5. The maximum absolute atomic E-state index is 13.3. The molecule has 4 heterocycles. The van der Waals surface area contributed by atoms with Gasteiger partial charge in [-0.15, -0.1) is 0 Å². The van der Waals surface area contributed by atoms with Gasteiger partial charge in [-0.25, -0.2) is 9.67 Å². The summed E-state index contributed by atoms with van der Waals surface area (Å²) in [7, 11) is 1.47. The largest absolute Gasteiger partial charge is 0.494 e. The Morgan fingerprint density at radius 1 is 1.05 bits per heavy atom. The van der Waals surface area contributed by atoms with Crippen molar-refractivity contribution in [1.82, 2.24) is 29.5 Å². The van der Waals surface area contributed by atoms with E-state index in [1.165, 1.54) is 24.4 Å². The molecule has 1 aliphatic heterocycles. The Morgan fingerprint density at radius 3 is 2.49 bits per heavy atom. The van der Waals surface area contributed by atoms with Crippen LogP contribution in [-0.4, -0.2) is 92.1 Å². The van der Waals surface area contributed by atoms with E-state index in [-0.39, 0.29) is 31.2 Å². The third-order valence-electron chi connectivity index (χ3n) is 6.42. The first-order valence-electron chi connectivity index (χ1n) is 11.9. The van der Waals surface area contributed by atoms with Crippen molar-refractivity contribution in [3.63, 3.8) is 0 Å². The van der Waals surface area contributed by atoms with Gasteiger partial charge in [-0.3, -0.25) is 14.4 Å². The third-order valence-corrected chi connectivity index (χ3v) is 6.42. The van der Waals surface area contributed by atoms with Crippen LogP contribution >= 0.6 is 0 Å². The number of fused-ring (bicyclic) bond motifs is 1. The molecule has 3 aromatic heterocycles. The number of ether oxygens (including phenoxy) is 1. The molecule has 4 aromatic rings. The third kappa shape index (κ3) is 4.56. The summed E-state index contributed by atoms with van der Waals surface area (Å²) in [6, 6.07) is 10.8. The minimum atomic E-state index is -0.675. The lowest BCUT2D eigenvalue weighted by molar-refractivity contribution is -0.127. The number of nitrogens with zero attached hydrogens (tertiary/aromatic N) is 5. The number of nitrogens with one attached hydrogen (secondary N) is 1. The van der Waals surface area contributed by atoms with Gasteiger partial charge in [0.05, 0.1) is 35.5 Å². The SMILES string of the molecule is COc1cnc(-n2ccc(CCO)n2)c2[nH]cc(C(=O)C(=O)N3CCN(C(=O)c4ccccc4)CC3)c12. The number of pyridine rings is 1. The molecule has 1 aliphatic rings. The van der Waals surface area contributed by atoms with Crippen LogP contribution in [0, 0.1) is 0 Å². The number of ketones is 1. The monoisotopic (exact) mass is 502 g/mol. The number of piperazine rings is 1. The van der Waals surface area contributed by atoms with Crippen molar-refractivity contribution in [3.05, 3.63) is 71.8 Å². The molecule has 0 aliphatic carbocycles. The molecule has 190 valence electrons. The van der Waals surface area contributed by atoms with Gasteiger partial charge in [-0.05, 0) is 18.2 Å². The molecule has 0 saturated carbocycles. The molecule has 0 spiro atoms. The molecule has 37 heavy (non-hydrogen) atoms. The quantitative estimate of drug-likeness (QED) is 0.289. The van der Waals surface area contributed by atoms with Gasteiger partial charge in [0.25, 0.3) is 17.6 Å². The summed E-state index contributed by atoms with van der Waals surface area (Å²) in [6.07, 6.45) is 5.07. The molecule has 0 atom stereocenters. The highest BCUT2D eigenvalue weighted by Gasteiger charge is 2.31. The predicted octanol–water partition coefficient (Wildman–Crippen LogP) is 1.46. The summed E-state index contributed by atoms with van der Waals surface area (Å²) in [5.41, 5.74) is 1.95. The highest BCUT2D eigenvalue weighted by Crippen LogP contribution is 2.32. The Bertz CT molecular complexity index is 1450. The fraction of sp³-hybridized carbons (Fsp3) is 0.269. The van der Waals surface area contributed by atoms with Crippen molar-refractivity contribution in [3.8, 4) is 11.6 Å². The van der Waals surface area contributed by atoms with Crippen LogP contribution in [0.15, 0.2) is 55.0 Å². The number of carbonyl (C=O) groups is 3. The Hall–Kier alpha value is -4.51. The zero-order chi connectivity index (χ0) is 25.9. The van der Waals surface area contributed by atoms with Crippen LogP contribution in [-0.2, 0) is 11.2 Å². The van der Waals surface area contributed by atoms with Gasteiger partial charge in [0, 0.05) is 57.2 Å². The maximum Gasteiger partial charge on any atom is 0.295 e. The number of amides is 2. The number of aliphatic hydroxyl groups excluding tert-OH is 1. The van der Waals surface area contributed by atoms with E-state index < -0.39 is 11.7 Å². The van der Waals surface area contributed by atoms with E-state index in [4.69, 9.17) is 4.74 Å². The van der Waals surface area contributed by atoms with Crippen molar-refractivity contribution >= 4 is 28.5 Å². The minimum absolute atomic E-state index is 0.0274. The Morgan fingerprint density at radius 2 is 1.78 bits per heavy atom. The molecule has 0 unspecified atom stereocenters. The Balaban J connectivity index is 1.36. The van der Waals surface area contributed by atoms with E-state index in [2.05, 4.69) is 15.1 Å². The Labute approximate surface area is 212 Å². The highest BCUT2D eigenvalue weighted by atomic mass is 16.5. The number of benzene rings is 1. The van der Waals surface area contributed by atoms with Gasteiger partial charge in [-0.1, -0.05) is 18.2 Å². The number of Topliss-reactive ketones (excluding diaryl/α,β-unsaturated/α-hetero) is 1. The molecule has 0 radical (unpaired) electrons. The second-order valence-corrected chi connectivity index (χ2v) is 8.61. The van der Waals surface area contributed by atoms with Gasteiger partial charge in [-0.2, -0.15) is 5.10 Å². The normalized spacial score (nSPS) is 13.7. The number of aliphatic hydroxyl groups is 1. The number of methoxy groups -OCH3 is 1. The number of carbonyl (C=O) groups excluding carboxylic acids is 3. The lowest BCUT2D eigenvalue weighted by Gasteiger charge is -2.34. The van der Waals surface area contributed by atoms with Gasteiger partial charge in [0.15, 0.2) is 5.82 Å². The average Bonchev–Trinajstić information content (AvgIpc) is 3.60. The van der Waals surface area contributed by atoms with Gasteiger partial charge < -0.3 is 24.6 Å². The second-order valence-electron chi connectivity index (χ2n) is 8.61. The van der Waals surface area contributed by atoms with E-state index in [9.17, 15) is 19.5 Å². The van der Waals surface area contributed by atoms with E-state index >= 15 is 0 Å². The van der Waals surface area contributed by atoms with Crippen molar-refractivity contribution in [2.24, 2.45) is 0 Å². The minimum Gasteiger partial charge on any atom is -0.494 e. The number of H-pyrrole nitrogens is 1. The fourth-order valence-corrected chi connectivity index (χ4v) is 4.47. The van der Waals surface area contributed by atoms with Gasteiger partial charge >= 0.3 is 0 Å². The summed E-state index contributed by atoms with van der Waals surface area (Å²) < 4.78 is 7.00. The molecule has 5 rings (SSSR count). The molecule has 2 amide bonds. The lowest BCUT2D eigenvalue weighted by atomic mass is 10.1. The summed E-state index contributed by atoms with van der Waals surface area (Å²) in [6.45, 7) is 1.17. The molecule has 11 heteroatoms. The molecule has 2 N–H and O–H groups in total. The smallest absolute Gasteiger partial charge is 0.295 e. The number of aromatic amines is 1. The van der Waals surface area contributed by atoms with Crippen LogP contribution in [0.3, 0.4) is 0 Å². The Kier molecular flexibility index (Phi) is 6.69. The number of rotatable bonds is 7. The summed E-state index contributed by atoms with van der Waals surface area (Å²) in [4.78, 5) is 49.9. The lowest BCUT2D eigenvalue weighted by Crippen LogP contribution is -2.52. The standard InChI is InChI=1S/C26H26N6O5/c1-37-20-16-28-24(32-9-7-18(29-32)8-14-33)22-21(20)19(15-27-22)23(34)26(36)31-12-10-30(11-13-31)25(35)17-5-3-2-4-6-17/h2-7,9,15-16,27,33H,8,10-14H2,1H3. The first-order chi connectivity index (χ1) is 18.0. The van der Waals surface area contributed by atoms with Crippen LogP contribution in [0.2, 0.25) is 0 Å².